The van der Waals surface area contributed by atoms with Gasteiger partial charge in [0.1, 0.15) is 0 Å². The first-order chi connectivity index (χ1) is 12.7. The highest BCUT2D eigenvalue weighted by Gasteiger charge is 2.23. The summed E-state index contributed by atoms with van der Waals surface area (Å²) < 4.78 is 6.59. The fourth-order valence-electron chi connectivity index (χ4n) is 2.62. The Morgan fingerprint density at radius 3 is 2.81 bits per heavy atom. The van der Waals surface area contributed by atoms with Crippen molar-refractivity contribution in [3.63, 3.8) is 0 Å². The van der Waals surface area contributed by atoms with Crippen molar-refractivity contribution < 1.29 is 9.21 Å². The Labute approximate surface area is 153 Å². The zero-order valence-electron chi connectivity index (χ0n) is 13.8. The van der Waals surface area contributed by atoms with Gasteiger partial charge in [0.25, 0.3) is 5.91 Å². The second-order valence-electron chi connectivity index (χ2n) is 5.62. The standard InChI is InChI=1S/C17H16N6O2S/c18-23-16(14-7-4-10-25-14)19-20-17(23)26-11-15(24)22-9-8-13(21-22)12-5-2-1-3-6-12/h1-7,10H,8-9,11,18H2. The van der Waals surface area contributed by atoms with Crippen molar-refractivity contribution in [1.82, 2.24) is 19.9 Å². The van der Waals surface area contributed by atoms with Crippen LogP contribution < -0.4 is 5.84 Å². The number of furan rings is 1. The Hall–Kier alpha value is -3.07. The number of aromatic nitrogens is 3. The van der Waals surface area contributed by atoms with Gasteiger partial charge in [0.05, 0.1) is 24.3 Å². The minimum absolute atomic E-state index is 0.0940. The highest BCUT2D eigenvalue weighted by atomic mass is 32.2. The smallest absolute Gasteiger partial charge is 0.253 e. The molecule has 1 aliphatic heterocycles. The van der Waals surface area contributed by atoms with Crippen LogP contribution in [-0.4, -0.2) is 43.8 Å². The molecule has 0 unspecified atom stereocenters. The van der Waals surface area contributed by atoms with Gasteiger partial charge in [-0.2, -0.15) is 5.10 Å². The molecule has 0 fully saturated rings. The number of rotatable bonds is 5. The number of carbonyl (C=O) groups excluding carboxylic acids is 1. The van der Waals surface area contributed by atoms with E-state index in [9.17, 15) is 4.79 Å². The lowest BCUT2D eigenvalue weighted by molar-refractivity contribution is -0.127. The van der Waals surface area contributed by atoms with Crippen molar-refractivity contribution in [3.8, 4) is 11.6 Å². The minimum atomic E-state index is -0.0940. The fraction of sp³-hybridized carbons (Fsp3) is 0.176. The van der Waals surface area contributed by atoms with E-state index in [0.717, 1.165) is 17.7 Å². The number of nitrogens with zero attached hydrogens (tertiary/aromatic N) is 5. The van der Waals surface area contributed by atoms with Crippen LogP contribution in [0.1, 0.15) is 12.0 Å². The summed E-state index contributed by atoms with van der Waals surface area (Å²) in [5, 5.41) is 14.4. The van der Waals surface area contributed by atoms with E-state index in [0.29, 0.717) is 23.3 Å². The molecule has 3 heterocycles. The van der Waals surface area contributed by atoms with Crippen molar-refractivity contribution >= 4 is 23.4 Å². The number of amides is 1. The molecule has 0 saturated carbocycles. The first kappa shape index (κ1) is 16.4. The summed E-state index contributed by atoms with van der Waals surface area (Å²) in [5.41, 5.74) is 1.96. The monoisotopic (exact) mass is 368 g/mol. The normalized spacial score (nSPS) is 13.8. The number of benzene rings is 1. The van der Waals surface area contributed by atoms with Gasteiger partial charge in [0.2, 0.25) is 11.0 Å². The van der Waals surface area contributed by atoms with Gasteiger partial charge in [-0.05, 0) is 17.7 Å². The Morgan fingerprint density at radius 1 is 1.19 bits per heavy atom. The Kier molecular flexibility index (Phi) is 4.44. The lowest BCUT2D eigenvalue weighted by atomic mass is 10.1. The topological polar surface area (TPSA) is 103 Å². The first-order valence-electron chi connectivity index (χ1n) is 8.03. The maximum Gasteiger partial charge on any atom is 0.253 e. The fourth-order valence-corrected chi connectivity index (χ4v) is 3.35. The molecule has 8 nitrogen and oxygen atoms in total. The maximum absolute atomic E-state index is 12.4. The molecular formula is C17H16N6O2S. The summed E-state index contributed by atoms with van der Waals surface area (Å²) in [6.45, 7) is 0.580. The van der Waals surface area contributed by atoms with E-state index in [1.54, 1.807) is 12.1 Å². The van der Waals surface area contributed by atoms with Gasteiger partial charge in [0.15, 0.2) is 5.76 Å². The molecular weight excluding hydrogens is 352 g/mol. The van der Waals surface area contributed by atoms with E-state index in [4.69, 9.17) is 10.3 Å². The van der Waals surface area contributed by atoms with Crippen LogP contribution in [0.3, 0.4) is 0 Å². The second-order valence-corrected chi connectivity index (χ2v) is 6.56. The zero-order chi connectivity index (χ0) is 17.9. The summed E-state index contributed by atoms with van der Waals surface area (Å²) in [5.74, 6) is 7.01. The zero-order valence-corrected chi connectivity index (χ0v) is 14.6. The van der Waals surface area contributed by atoms with Crippen molar-refractivity contribution in [2.75, 3.05) is 18.1 Å². The molecule has 0 atom stereocenters. The van der Waals surface area contributed by atoms with Crippen LogP contribution in [0.15, 0.2) is 63.4 Å². The largest absolute Gasteiger partial charge is 0.461 e. The van der Waals surface area contributed by atoms with Gasteiger partial charge < -0.3 is 10.3 Å². The Morgan fingerprint density at radius 2 is 2.04 bits per heavy atom. The molecule has 26 heavy (non-hydrogen) atoms. The molecule has 0 bridgehead atoms. The average Bonchev–Trinajstić information content (AvgIpc) is 3.41. The van der Waals surface area contributed by atoms with Crippen LogP contribution in [0.5, 0.6) is 0 Å². The van der Waals surface area contributed by atoms with Gasteiger partial charge in [-0.25, -0.2) is 9.69 Å². The number of hydrogen-bond donors (Lipinski definition) is 1. The number of thioether (sulfide) groups is 1. The summed E-state index contributed by atoms with van der Waals surface area (Å²) in [4.78, 5) is 12.4. The lowest BCUT2D eigenvalue weighted by Crippen LogP contribution is -2.25. The lowest BCUT2D eigenvalue weighted by Gasteiger charge is -2.10. The summed E-state index contributed by atoms with van der Waals surface area (Å²) in [7, 11) is 0. The SMILES string of the molecule is Nn1c(SCC(=O)N2CCC(c3ccccc3)=N2)nnc1-c1ccco1. The van der Waals surface area contributed by atoms with Gasteiger partial charge >= 0.3 is 0 Å². The van der Waals surface area contributed by atoms with Gasteiger partial charge in [-0.1, -0.05) is 42.1 Å². The third kappa shape index (κ3) is 3.21. The number of nitrogen functional groups attached to an aromatic ring is 1. The van der Waals surface area contributed by atoms with Crippen LogP contribution in [0.2, 0.25) is 0 Å². The van der Waals surface area contributed by atoms with E-state index in [1.807, 2.05) is 30.3 Å². The maximum atomic E-state index is 12.4. The van der Waals surface area contributed by atoms with Gasteiger partial charge in [-0.15, -0.1) is 10.2 Å². The molecule has 0 saturated heterocycles. The van der Waals surface area contributed by atoms with E-state index in [-0.39, 0.29) is 11.7 Å². The molecule has 0 aliphatic carbocycles. The van der Waals surface area contributed by atoms with Crippen LogP contribution in [0.4, 0.5) is 0 Å². The molecule has 1 aliphatic rings. The molecule has 2 aromatic heterocycles. The Bertz CT molecular complexity index is 936. The van der Waals surface area contributed by atoms with Crippen LogP contribution in [0, 0.1) is 0 Å². The number of hydrogen-bond acceptors (Lipinski definition) is 7. The molecule has 0 radical (unpaired) electrons. The quantitative estimate of drug-likeness (QED) is 0.546. The molecule has 132 valence electrons. The van der Waals surface area contributed by atoms with Gasteiger partial charge in [0, 0.05) is 6.42 Å². The van der Waals surface area contributed by atoms with Crippen molar-refractivity contribution in [1.29, 1.82) is 0 Å². The van der Waals surface area contributed by atoms with Gasteiger partial charge in [-0.3, -0.25) is 4.79 Å². The van der Waals surface area contributed by atoms with Crippen LogP contribution in [-0.2, 0) is 4.79 Å². The summed E-state index contributed by atoms with van der Waals surface area (Å²) >= 11 is 1.22. The van der Waals surface area contributed by atoms with Crippen molar-refractivity contribution in [2.24, 2.45) is 5.10 Å². The highest BCUT2D eigenvalue weighted by molar-refractivity contribution is 7.99. The highest BCUT2D eigenvalue weighted by Crippen LogP contribution is 2.22. The van der Waals surface area contributed by atoms with E-state index >= 15 is 0 Å². The van der Waals surface area contributed by atoms with E-state index in [1.165, 1.54) is 27.7 Å². The molecule has 2 N–H and O–H groups in total. The molecule has 3 aromatic rings. The van der Waals surface area contributed by atoms with E-state index < -0.39 is 0 Å². The predicted octanol–water partition coefficient (Wildman–Crippen LogP) is 1.98. The average molecular weight is 368 g/mol. The predicted molar refractivity (Wildman–Crippen MR) is 97.9 cm³/mol. The Balaban J connectivity index is 1.40. The number of nitrogens with two attached hydrogens (primary N) is 1. The minimum Gasteiger partial charge on any atom is -0.461 e. The summed E-state index contributed by atoms with van der Waals surface area (Å²) in [6.07, 6.45) is 2.28. The van der Waals surface area contributed by atoms with Crippen LogP contribution >= 0.6 is 11.8 Å². The third-order valence-corrected chi connectivity index (χ3v) is 4.86. The van der Waals surface area contributed by atoms with Crippen LogP contribution in [0.25, 0.3) is 11.6 Å². The molecule has 1 amide bonds. The molecule has 1 aromatic carbocycles. The first-order valence-corrected chi connectivity index (χ1v) is 9.01. The molecule has 0 spiro atoms. The third-order valence-electron chi connectivity index (χ3n) is 3.93. The molecule has 9 heteroatoms. The molecule has 4 rings (SSSR count). The number of carbonyl (C=O) groups is 1. The van der Waals surface area contributed by atoms with Crippen molar-refractivity contribution in [3.05, 3.63) is 54.3 Å². The van der Waals surface area contributed by atoms with Crippen molar-refractivity contribution in [2.45, 2.75) is 11.6 Å². The second kappa shape index (κ2) is 7.04. The summed E-state index contributed by atoms with van der Waals surface area (Å²) in [6, 6.07) is 13.4. The van der Waals surface area contributed by atoms with E-state index in [2.05, 4.69) is 15.3 Å². The number of hydrazone groups is 1.